The number of hydrogen-bond donors (Lipinski definition) is 2. The molecule has 4 heterocycles. The van der Waals surface area contributed by atoms with Crippen molar-refractivity contribution in [3.63, 3.8) is 0 Å². The third-order valence-corrected chi connectivity index (χ3v) is 13.4. The first kappa shape index (κ1) is 31.8. The first-order valence-electron chi connectivity index (χ1n) is 18.5. The van der Waals surface area contributed by atoms with Gasteiger partial charge in [-0.05, 0) is 87.0 Å². The van der Waals surface area contributed by atoms with Gasteiger partial charge in [0, 0.05) is 56.1 Å². The van der Waals surface area contributed by atoms with Crippen LogP contribution in [0.25, 0.3) is 0 Å². The van der Waals surface area contributed by atoms with Gasteiger partial charge in [0.2, 0.25) is 5.95 Å². The van der Waals surface area contributed by atoms with Crippen molar-refractivity contribution in [3.05, 3.63) is 65.1 Å². The number of aromatic nitrogens is 4. The molecule has 6 aliphatic rings. The van der Waals surface area contributed by atoms with Crippen LogP contribution in [0.5, 0.6) is 0 Å². The third kappa shape index (κ3) is 5.22. The zero-order valence-corrected chi connectivity index (χ0v) is 29.3. The fraction of sp³-hybridized carbons (Fsp3) is 0.641. The molecular weight excluding hydrogens is 598 g/mol. The van der Waals surface area contributed by atoms with Crippen molar-refractivity contribution in [1.82, 2.24) is 24.6 Å². The van der Waals surface area contributed by atoms with E-state index < -0.39 is 11.4 Å². The SMILES string of the molecule is CC[C@@H](N(C)c1nc2c(c(N[C@@H](CN3C4CCCC3CCC4)c3cnn(C)c3)n1)C[C@](C)(c1ccccc1)CC2)C12CC(C(=O)O)(C1)C2. The number of nitrogens with one attached hydrogen (secondary N) is 1. The first-order valence-corrected chi connectivity index (χ1v) is 18.5. The van der Waals surface area contributed by atoms with Crippen molar-refractivity contribution in [2.24, 2.45) is 17.9 Å². The first-order chi connectivity index (χ1) is 23.1. The Morgan fingerprint density at radius 1 is 1.08 bits per heavy atom. The number of nitrogens with zero attached hydrogens (tertiary/aromatic N) is 6. The second-order valence-electron chi connectivity index (χ2n) is 16.4. The number of rotatable bonds is 11. The molecule has 2 N–H and O–H groups in total. The topological polar surface area (TPSA) is 99.4 Å². The standard InChI is InChI=1S/C39H53N7O2/c1-5-33(38-23-39(24-38,25-38)35(47)48)45(4)36-42-31-17-18-37(2,27-11-7-6-8-12-27)19-30(31)34(43-36)41-32(26-20-40-44(3)21-26)22-46-28-13-9-14-29(46)16-10-15-28/h6-8,11-12,20-21,28-29,32-33H,5,9-10,13-19,22-25H2,1-4H3,(H,47,48)(H,41,42,43)/t28?,29?,32-,33+,37+,38?,39?/m0/s1. The smallest absolute Gasteiger partial charge is 0.309 e. The van der Waals surface area contributed by atoms with Gasteiger partial charge in [0.1, 0.15) is 5.82 Å². The average Bonchev–Trinajstić information content (AvgIpc) is 3.47. The summed E-state index contributed by atoms with van der Waals surface area (Å²) in [6, 6.07) is 12.5. The maximum Gasteiger partial charge on any atom is 0.309 e. The molecule has 9 nitrogen and oxygen atoms in total. The van der Waals surface area contributed by atoms with Crippen LogP contribution >= 0.6 is 0 Å². The summed E-state index contributed by atoms with van der Waals surface area (Å²) in [6.07, 6.45) is 18.1. The van der Waals surface area contributed by atoms with Crippen LogP contribution in [0.3, 0.4) is 0 Å². The molecule has 4 bridgehead atoms. The summed E-state index contributed by atoms with van der Waals surface area (Å²) in [5.74, 6) is 1.09. The molecule has 9 heteroatoms. The predicted molar refractivity (Wildman–Crippen MR) is 188 cm³/mol. The van der Waals surface area contributed by atoms with Gasteiger partial charge in [0.05, 0.1) is 23.3 Å². The number of anilines is 2. The van der Waals surface area contributed by atoms with Crippen molar-refractivity contribution in [2.45, 2.75) is 127 Å². The van der Waals surface area contributed by atoms with Gasteiger partial charge in [0.15, 0.2) is 0 Å². The van der Waals surface area contributed by atoms with Gasteiger partial charge in [-0.3, -0.25) is 14.4 Å². The summed E-state index contributed by atoms with van der Waals surface area (Å²) in [4.78, 5) is 27.8. The van der Waals surface area contributed by atoms with Crippen LogP contribution in [0, 0.1) is 10.8 Å². The summed E-state index contributed by atoms with van der Waals surface area (Å²) in [5.41, 5.74) is 4.50. The van der Waals surface area contributed by atoms with Gasteiger partial charge >= 0.3 is 5.97 Å². The predicted octanol–water partition coefficient (Wildman–Crippen LogP) is 6.69. The normalized spacial score (nSPS) is 31.9. The third-order valence-electron chi connectivity index (χ3n) is 13.4. The maximum absolute atomic E-state index is 12.0. The highest BCUT2D eigenvalue weighted by Gasteiger charge is 2.74. The number of fused-ring (bicyclic) bond motifs is 3. The van der Waals surface area contributed by atoms with Crippen LogP contribution in [-0.4, -0.2) is 67.4 Å². The number of piperidine rings is 2. The second kappa shape index (κ2) is 11.9. The van der Waals surface area contributed by atoms with Crippen molar-refractivity contribution in [1.29, 1.82) is 0 Å². The van der Waals surface area contributed by atoms with Crippen LogP contribution in [0.4, 0.5) is 11.8 Å². The molecule has 4 aliphatic carbocycles. The minimum Gasteiger partial charge on any atom is -0.481 e. The van der Waals surface area contributed by atoms with E-state index in [4.69, 9.17) is 9.97 Å². The molecule has 0 unspecified atom stereocenters. The van der Waals surface area contributed by atoms with Crippen LogP contribution in [0.15, 0.2) is 42.7 Å². The minimum atomic E-state index is -0.626. The van der Waals surface area contributed by atoms with Gasteiger partial charge in [-0.15, -0.1) is 0 Å². The quantitative estimate of drug-likeness (QED) is 0.237. The van der Waals surface area contributed by atoms with Gasteiger partial charge < -0.3 is 15.3 Å². The summed E-state index contributed by atoms with van der Waals surface area (Å²) in [5, 5.41) is 18.5. The zero-order chi connectivity index (χ0) is 33.3. The summed E-state index contributed by atoms with van der Waals surface area (Å²) in [6.45, 7) is 5.57. The molecule has 1 aromatic carbocycles. The Labute approximate surface area is 285 Å². The fourth-order valence-electron chi connectivity index (χ4n) is 10.8. The molecule has 2 saturated heterocycles. The van der Waals surface area contributed by atoms with Crippen molar-refractivity contribution in [2.75, 3.05) is 23.8 Å². The number of carboxylic acid groups (broad SMARTS) is 1. The van der Waals surface area contributed by atoms with E-state index in [9.17, 15) is 9.90 Å². The molecular formula is C39H53N7O2. The van der Waals surface area contributed by atoms with Crippen LogP contribution in [0.2, 0.25) is 0 Å². The van der Waals surface area contributed by atoms with E-state index in [1.165, 1.54) is 55.2 Å². The minimum absolute atomic E-state index is 0.00188. The number of aryl methyl sites for hydroxylation is 2. The Bertz CT molecular complexity index is 1630. The van der Waals surface area contributed by atoms with Crippen molar-refractivity contribution in [3.8, 4) is 0 Å². The highest BCUT2D eigenvalue weighted by Crippen LogP contribution is 2.75. The molecule has 3 saturated carbocycles. The molecule has 3 aromatic rings. The van der Waals surface area contributed by atoms with E-state index in [-0.39, 0.29) is 22.9 Å². The number of carbonyl (C=O) groups is 1. The molecule has 9 rings (SSSR count). The Morgan fingerprint density at radius 3 is 2.38 bits per heavy atom. The summed E-state index contributed by atoms with van der Waals surface area (Å²) >= 11 is 0. The molecule has 2 aromatic heterocycles. The van der Waals surface area contributed by atoms with E-state index in [1.54, 1.807) is 0 Å². The summed E-state index contributed by atoms with van der Waals surface area (Å²) in [7, 11) is 4.14. The van der Waals surface area contributed by atoms with Crippen LogP contribution in [-0.2, 0) is 30.1 Å². The highest BCUT2D eigenvalue weighted by atomic mass is 16.4. The Hall–Kier alpha value is -3.46. The lowest BCUT2D eigenvalue weighted by atomic mass is 9.33. The average molecular weight is 652 g/mol. The largest absolute Gasteiger partial charge is 0.481 e. The number of benzene rings is 1. The van der Waals surface area contributed by atoms with Crippen molar-refractivity contribution >= 4 is 17.7 Å². The fourth-order valence-corrected chi connectivity index (χ4v) is 10.8. The maximum atomic E-state index is 12.0. The van der Waals surface area contributed by atoms with Gasteiger partial charge in [0.25, 0.3) is 0 Å². The molecule has 3 atom stereocenters. The second-order valence-corrected chi connectivity index (χ2v) is 16.4. The van der Waals surface area contributed by atoms with E-state index in [0.29, 0.717) is 12.1 Å². The molecule has 48 heavy (non-hydrogen) atoms. The monoisotopic (exact) mass is 651 g/mol. The van der Waals surface area contributed by atoms with E-state index in [0.717, 1.165) is 69.0 Å². The molecule has 256 valence electrons. The molecule has 0 spiro atoms. The molecule has 0 radical (unpaired) electrons. The number of hydrogen-bond acceptors (Lipinski definition) is 7. The number of aliphatic carboxylic acids is 1. The van der Waals surface area contributed by atoms with E-state index >= 15 is 0 Å². The Balaban J connectivity index is 1.16. The summed E-state index contributed by atoms with van der Waals surface area (Å²) < 4.78 is 1.92. The van der Waals surface area contributed by atoms with E-state index in [1.807, 2.05) is 17.9 Å². The van der Waals surface area contributed by atoms with Gasteiger partial charge in [-0.1, -0.05) is 57.0 Å². The van der Waals surface area contributed by atoms with Crippen LogP contribution < -0.4 is 10.2 Å². The lowest BCUT2D eigenvalue weighted by Gasteiger charge is -2.71. The Morgan fingerprint density at radius 2 is 1.77 bits per heavy atom. The molecule has 2 aliphatic heterocycles. The lowest BCUT2D eigenvalue weighted by Crippen LogP contribution is -2.72. The van der Waals surface area contributed by atoms with Gasteiger partial charge in [-0.2, -0.15) is 10.1 Å². The van der Waals surface area contributed by atoms with Crippen molar-refractivity contribution < 1.29 is 9.90 Å². The highest BCUT2D eigenvalue weighted by molar-refractivity contribution is 5.79. The number of carboxylic acids is 1. The van der Waals surface area contributed by atoms with Crippen LogP contribution in [0.1, 0.15) is 113 Å². The molecule has 0 amide bonds. The zero-order valence-electron chi connectivity index (χ0n) is 29.3. The van der Waals surface area contributed by atoms with E-state index in [2.05, 4.69) is 77.6 Å². The lowest BCUT2D eigenvalue weighted by molar-refractivity contribution is -0.230. The van der Waals surface area contributed by atoms with Gasteiger partial charge in [-0.25, -0.2) is 4.98 Å². The molecule has 5 fully saturated rings. The Kier molecular flexibility index (Phi) is 7.85.